The van der Waals surface area contributed by atoms with Gasteiger partial charge in [-0.2, -0.15) is 0 Å². The van der Waals surface area contributed by atoms with Crippen LogP contribution >= 0.6 is 0 Å². The van der Waals surface area contributed by atoms with Gasteiger partial charge in [0.15, 0.2) is 0 Å². The lowest BCUT2D eigenvalue weighted by molar-refractivity contribution is 0.0601. The number of carbonyl (C=O) groups is 1. The fourth-order valence-electron chi connectivity index (χ4n) is 1.85. The molecule has 0 unspecified atom stereocenters. The van der Waals surface area contributed by atoms with Crippen molar-refractivity contribution in [3.05, 3.63) is 41.5 Å². The average Bonchev–Trinajstić information content (AvgIpc) is 2.77. The third kappa shape index (κ3) is 2.74. The smallest absolute Gasteiger partial charge is 0.337 e. The molecule has 0 spiro atoms. The van der Waals surface area contributed by atoms with Crippen LogP contribution in [0, 0.1) is 6.92 Å². The predicted octanol–water partition coefficient (Wildman–Crippen LogP) is 1.71. The molecule has 1 aromatic heterocycles. The zero-order valence-corrected chi connectivity index (χ0v) is 11.8. The summed E-state index contributed by atoms with van der Waals surface area (Å²) in [5, 5.41) is 3.21. The van der Waals surface area contributed by atoms with Gasteiger partial charge in [-0.15, -0.1) is 0 Å². The molecule has 3 N–H and O–H groups in total. The van der Waals surface area contributed by atoms with Crippen molar-refractivity contribution in [1.82, 2.24) is 9.55 Å². The van der Waals surface area contributed by atoms with Crippen LogP contribution in [0.2, 0.25) is 0 Å². The second-order valence-electron chi connectivity index (χ2n) is 4.50. The minimum atomic E-state index is -0.385. The van der Waals surface area contributed by atoms with E-state index in [0.29, 0.717) is 23.5 Å². The molecule has 20 heavy (non-hydrogen) atoms. The zero-order chi connectivity index (χ0) is 14.7. The van der Waals surface area contributed by atoms with Gasteiger partial charge in [0.2, 0.25) is 0 Å². The van der Waals surface area contributed by atoms with Gasteiger partial charge >= 0.3 is 5.97 Å². The molecular formula is C14H18N4O2. The van der Waals surface area contributed by atoms with Crippen LogP contribution in [0.4, 0.5) is 11.4 Å². The molecule has 0 fully saturated rings. The van der Waals surface area contributed by atoms with Gasteiger partial charge in [-0.3, -0.25) is 0 Å². The number of nitrogens with zero attached hydrogens (tertiary/aromatic N) is 2. The van der Waals surface area contributed by atoms with Gasteiger partial charge in [0, 0.05) is 7.05 Å². The van der Waals surface area contributed by atoms with Crippen LogP contribution in [-0.4, -0.2) is 22.6 Å². The Morgan fingerprint density at radius 3 is 2.85 bits per heavy atom. The number of carbonyl (C=O) groups excluding carboxylic acids is 1. The third-order valence-corrected chi connectivity index (χ3v) is 3.25. The molecule has 0 aliphatic carbocycles. The number of rotatable bonds is 4. The van der Waals surface area contributed by atoms with Gasteiger partial charge < -0.3 is 20.4 Å². The standard InChI is InChI=1S/C14H18N4O2/c1-9-16-7-11(18(9)2)8-17-13-6-10(14(19)20-3)4-5-12(13)15/h4-7,17H,8,15H2,1-3H3. The molecule has 0 aliphatic heterocycles. The van der Waals surface area contributed by atoms with E-state index in [-0.39, 0.29) is 5.97 Å². The van der Waals surface area contributed by atoms with Gasteiger partial charge in [-0.1, -0.05) is 0 Å². The van der Waals surface area contributed by atoms with E-state index < -0.39 is 0 Å². The van der Waals surface area contributed by atoms with Crippen molar-refractivity contribution in [3.8, 4) is 0 Å². The molecule has 0 radical (unpaired) electrons. The summed E-state index contributed by atoms with van der Waals surface area (Å²) < 4.78 is 6.69. The molecule has 6 heteroatoms. The quantitative estimate of drug-likeness (QED) is 0.655. The van der Waals surface area contributed by atoms with Crippen LogP contribution in [0.5, 0.6) is 0 Å². The fourth-order valence-corrected chi connectivity index (χ4v) is 1.85. The van der Waals surface area contributed by atoms with Crippen molar-refractivity contribution < 1.29 is 9.53 Å². The second kappa shape index (κ2) is 5.64. The Bertz CT molecular complexity index is 634. The number of anilines is 2. The first-order valence-electron chi connectivity index (χ1n) is 6.22. The minimum Gasteiger partial charge on any atom is -0.465 e. The Hall–Kier alpha value is -2.50. The number of imidazole rings is 1. The summed E-state index contributed by atoms with van der Waals surface area (Å²) in [6.07, 6.45) is 1.81. The zero-order valence-electron chi connectivity index (χ0n) is 11.8. The summed E-state index contributed by atoms with van der Waals surface area (Å²) in [7, 11) is 3.30. The topological polar surface area (TPSA) is 82.2 Å². The molecule has 0 saturated carbocycles. The highest BCUT2D eigenvalue weighted by molar-refractivity contribution is 5.91. The van der Waals surface area contributed by atoms with Crippen molar-refractivity contribution in [1.29, 1.82) is 0 Å². The van der Waals surface area contributed by atoms with Crippen molar-refractivity contribution >= 4 is 17.3 Å². The lowest BCUT2D eigenvalue weighted by Gasteiger charge is -2.11. The highest BCUT2D eigenvalue weighted by Crippen LogP contribution is 2.21. The SMILES string of the molecule is COC(=O)c1ccc(N)c(NCc2cnc(C)n2C)c1. The summed E-state index contributed by atoms with van der Waals surface area (Å²) >= 11 is 0. The number of esters is 1. The van der Waals surface area contributed by atoms with Gasteiger partial charge in [0.1, 0.15) is 5.82 Å². The van der Waals surface area contributed by atoms with Crippen molar-refractivity contribution in [2.45, 2.75) is 13.5 Å². The maximum atomic E-state index is 11.5. The average molecular weight is 274 g/mol. The summed E-state index contributed by atoms with van der Waals surface area (Å²) in [5.41, 5.74) is 8.68. The monoisotopic (exact) mass is 274 g/mol. The van der Waals surface area contributed by atoms with Gasteiger partial charge in [0.25, 0.3) is 0 Å². The molecule has 6 nitrogen and oxygen atoms in total. The van der Waals surface area contributed by atoms with E-state index in [1.807, 2.05) is 24.7 Å². The van der Waals surface area contributed by atoms with E-state index in [2.05, 4.69) is 10.3 Å². The van der Waals surface area contributed by atoms with E-state index in [9.17, 15) is 4.79 Å². The number of nitrogen functional groups attached to an aromatic ring is 1. The number of nitrogens with one attached hydrogen (secondary N) is 1. The summed E-state index contributed by atoms with van der Waals surface area (Å²) in [6.45, 7) is 2.52. The molecule has 1 aromatic carbocycles. The highest BCUT2D eigenvalue weighted by Gasteiger charge is 2.09. The van der Waals surface area contributed by atoms with E-state index in [1.165, 1.54) is 7.11 Å². The number of aromatic nitrogens is 2. The van der Waals surface area contributed by atoms with Crippen LogP contribution in [0.25, 0.3) is 0 Å². The normalized spacial score (nSPS) is 10.3. The molecule has 106 valence electrons. The Kier molecular flexibility index (Phi) is 3.93. The van der Waals surface area contributed by atoms with Gasteiger partial charge in [0.05, 0.1) is 42.5 Å². The third-order valence-electron chi connectivity index (χ3n) is 3.25. The lowest BCUT2D eigenvalue weighted by atomic mass is 10.1. The first-order valence-corrected chi connectivity index (χ1v) is 6.22. The lowest BCUT2D eigenvalue weighted by Crippen LogP contribution is -2.08. The highest BCUT2D eigenvalue weighted by atomic mass is 16.5. The number of nitrogens with two attached hydrogens (primary N) is 1. The van der Waals surface area contributed by atoms with Crippen LogP contribution < -0.4 is 11.1 Å². The minimum absolute atomic E-state index is 0.385. The van der Waals surface area contributed by atoms with Crippen molar-refractivity contribution in [2.75, 3.05) is 18.2 Å². The van der Waals surface area contributed by atoms with Crippen molar-refractivity contribution in [2.24, 2.45) is 7.05 Å². The first kappa shape index (κ1) is 13.9. The molecule has 2 aromatic rings. The second-order valence-corrected chi connectivity index (χ2v) is 4.50. The number of hydrogen-bond donors (Lipinski definition) is 2. The summed E-state index contributed by atoms with van der Waals surface area (Å²) in [6, 6.07) is 5.01. The molecule has 2 rings (SSSR count). The van der Waals surface area contributed by atoms with Crippen LogP contribution in [0.3, 0.4) is 0 Å². The van der Waals surface area contributed by atoms with E-state index >= 15 is 0 Å². The van der Waals surface area contributed by atoms with Crippen LogP contribution in [0.15, 0.2) is 24.4 Å². The van der Waals surface area contributed by atoms with E-state index in [1.54, 1.807) is 18.2 Å². The van der Waals surface area contributed by atoms with E-state index in [4.69, 9.17) is 10.5 Å². The number of methoxy groups -OCH3 is 1. The molecule has 0 bridgehead atoms. The van der Waals surface area contributed by atoms with Gasteiger partial charge in [-0.25, -0.2) is 9.78 Å². The Balaban J connectivity index is 2.16. The van der Waals surface area contributed by atoms with Crippen LogP contribution in [-0.2, 0) is 18.3 Å². The Labute approximate surface area is 117 Å². The fraction of sp³-hybridized carbons (Fsp3) is 0.286. The maximum Gasteiger partial charge on any atom is 0.337 e. The molecule has 0 aliphatic rings. The summed E-state index contributed by atoms with van der Waals surface area (Å²) in [5.74, 6) is 0.558. The number of aryl methyl sites for hydroxylation is 1. The number of ether oxygens (including phenoxy) is 1. The molecule has 0 amide bonds. The number of hydrogen-bond acceptors (Lipinski definition) is 5. The van der Waals surface area contributed by atoms with E-state index in [0.717, 1.165) is 11.5 Å². The predicted molar refractivity (Wildman–Crippen MR) is 77.5 cm³/mol. The Morgan fingerprint density at radius 2 is 2.25 bits per heavy atom. The largest absolute Gasteiger partial charge is 0.465 e. The summed E-state index contributed by atoms with van der Waals surface area (Å²) in [4.78, 5) is 15.7. The molecule has 0 atom stereocenters. The first-order chi connectivity index (χ1) is 9.52. The Morgan fingerprint density at radius 1 is 1.50 bits per heavy atom. The van der Waals surface area contributed by atoms with Crippen LogP contribution in [0.1, 0.15) is 21.9 Å². The molecule has 0 saturated heterocycles. The number of benzene rings is 1. The maximum absolute atomic E-state index is 11.5. The van der Waals surface area contributed by atoms with Gasteiger partial charge in [-0.05, 0) is 25.1 Å². The molecule has 1 heterocycles. The van der Waals surface area contributed by atoms with Crippen molar-refractivity contribution in [3.63, 3.8) is 0 Å². The molecular weight excluding hydrogens is 256 g/mol.